The molecular weight excluding hydrogens is 319 g/mol. The van der Waals surface area contributed by atoms with Crippen LogP contribution in [0.1, 0.15) is 28.7 Å². The van der Waals surface area contributed by atoms with E-state index in [1.54, 1.807) is 6.20 Å². The van der Waals surface area contributed by atoms with Crippen molar-refractivity contribution in [2.45, 2.75) is 38.5 Å². The first-order valence-corrected chi connectivity index (χ1v) is 7.90. The van der Waals surface area contributed by atoms with Gasteiger partial charge in [0.1, 0.15) is 0 Å². The van der Waals surface area contributed by atoms with E-state index in [-0.39, 0.29) is 5.56 Å². The summed E-state index contributed by atoms with van der Waals surface area (Å²) < 4.78 is 39.0. The molecule has 1 N–H and O–H groups in total. The summed E-state index contributed by atoms with van der Waals surface area (Å²) in [7, 11) is 0. The van der Waals surface area contributed by atoms with Crippen molar-refractivity contribution in [3.05, 3.63) is 63.1 Å². The highest BCUT2D eigenvalue weighted by atomic mass is 19.4. The fourth-order valence-corrected chi connectivity index (χ4v) is 2.87. The summed E-state index contributed by atoms with van der Waals surface area (Å²) in [5.41, 5.74) is 1.88. The number of benzene rings is 1. The predicted octanol–water partition coefficient (Wildman–Crippen LogP) is 2.54. The lowest BCUT2D eigenvalue weighted by Gasteiger charge is -2.17. The zero-order valence-corrected chi connectivity index (χ0v) is 13.1. The van der Waals surface area contributed by atoms with Crippen LogP contribution in [0.4, 0.5) is 13.2 Å². The fraction of sp³-hybridized carbons (Fsp3) is 0.412. The van der Waals surface area contributed by atoms with Gasteiger partial charge in [-0.15, -0.1) is 0 Å². The Morgan fingerprint density at radius 2 is 1.96 bits per heavy atom. The molecule has 2 heterocycles. The summed E-state index contributed by atoms with van der Waals surface area (Å²) in [6.45, 7) is 1.92. The Kier molecular flexibility index (Phi) is 4.71. The van der Waals surface area contributed by atoms with Gasteiger partial charge in [0, 0.05) is 18.7 Å². The van der Waals surface area contributed by atoms with Crippen LogP contribution in [0, 0.1) is 0 Å². The molecule has 0 radical (unpaired) electrons. The van der Waals surface area contributed by atoms with Gasteiger partial charge in [0.2, 0.25) is 0 Å². The molecule has 0 atom stereocenters. The Hall–Kier alpha value is -2.15. The lowest BCUT2D eigenvalue weighted by molar-refractivity contribution is -0.137. The van der Waals surface area contributed by atoms with E-state index in [1.807, 2.05) is 0 Å². The summed E-state index contributed by atoms with van der Waals surface area (Å²) in [6.07, 6.45) is -0.634. The molecule has 1 aliphatic rings. The SMILES string of the molecule is O=c1c2c(cnn1CCCc1ccc(C(F)(F)F)cc1)CNCC2. The van der Waals surface area contributed by atoms with E-state index in [1.165, 1.54) is 16.8 Å². The average Bonchev–Trinajstić information content (AvgIpc) is 2.57. The monoisotopic (exact) mass is 337 g/mol. The third-order valence-electron chi connectivity index (χ3n) is 4.22. The summed E-state index contributed by atoms with van der Waals surface area (Å²) >= 11 is 0. The van der Waals surface area contributed by atoms with Crippen molar-refractivity contribution < 1.29 is 13.2 Å². The van der Waals surface area contributed by atoms with E-state index in [0.717, 1.165) is 35.4 Å². The van der Waals surface area contributed by atoms with Crippen LogP contribution in [0.5, 0.6) is 0 Å². The summed E-state index contributed by atoms with van der Waals surface area (Å²) in [5.74, 6) is 0. The van der Waals surface area contributed by atoms with Crippen molar-refractivity contribution in [1.82, 2.24) is 15.1 Å². The lowest BCUT2D eigenvalue weighted by atomic mass is 10.1. The Labute approximate surface area is 137 Å². The minimum atomic E-state index is -4.31. The van der Waals surface area contributed by atoms with Gasteiger partial charge >= 0.3 is 6.18 Å². The van der Waals surface area contributed by atoms with Crippen LogP contribution in [0.15, 0.2) is 35.3 Å². The van der Waals surface area contributed by atoms with Crippen LogP contribution in [0.2, 0.25) is 0 Å². The average molecular weight is 337 g/mol. The van der Waals surface area contributed by atoms with Crippen LogP contribution in [-0.4, -0.2) is 16.3 Å². The molecule has 4 nitrogen and oxygen atoms in total. The Morgan fingerprint density at radius 3 is 2.67 bits per heavy atom. The molecular formula is C17H18F3N3O. The molecule has 0 spiro atoms. The molecule has 0 aliphatic carbocycles. The maximum absolute atomic E-state index is 12.5. The number of nitrogens with zero attached hydrogens (tertiary/aromatic N) is 2. The van der Waals surface area contributed by atoms with Crippen molar-refractivity contribution >= 4 is 0 Å². The van der Waals surface area contributed by atoms with E-state index in [4.69, 9.17) is 0 Å². The third-order valence-corrected chi connectivity index (χ3v) is 4.22. The highest BCUT2D eigenvalue weighted by Gasteiger charge is 2.29. The highest BCUT2D eigenvalue weighted by Crippen LogP contribution is 2.29. The number of aryl methyl sites for hydroxylation is 2. The maximum atomic E-state index is 12.5. The minimum absolute atomic E-state index is 0.0542. The number of alkyl halides is 3. The van der Waals surface area contributed by atoms with Crippen LogP contribution >= 0.6 is 0 Å². The first kappa shape index (κ1) is 16.7. The summed E-state index contributed by atoms with van der Waals surface area (Å²) in [6, 6.07) is 5.15. The van der Waals surface area contributed by atoms with Crippen molar-refractivity contribution in [3.8, 4) is 0 Å². The quantitative estimate of drug-likeness (QED) is 0.933. The molecule has 128 valence electrons. The Morgan fingerprint density at radius 1 is 1.21 bits per heavy atom. The Bertz CT molecular complexity index is 766. The second-order valence-corrected chi connectivity index (χ2v) is 5.90. The predicted molar refractivity (Wildman–Crippen MR) is 83.7 cm³/mol. The van der Waals surface area contributed by atoms with Crippen LogP contribution in [0.25, 0.3) is 0 Å². The Balaban J connectivity index is 1.62. The van der Waals surface area contributed by atoms with Crippen molar-refractivity contribution in [2.75, 3.05) is 6.54 Å². The molecule has 24 heavy (non-hydrogen) atoms. The van der Waals surface area contributed by atoms with Crippen molar-refractivity contribution in [3.63, 3.8) is 0 Å². The zero-order chi connectivity index (χ0) is 17.2. The highest BCUT2D eigenvalue weighted by molar-refractivity contribution is 5.25. The van der Waals surface area contributed by atoms with E-state index in [0.29, 0.717) is 32.4 Å². The van der Waals surface area contributed by atoms with E-state index in [9.17, 15) is 18.0 Å². The van der Waals surface area contributed by atoms with Crippen LogP contribution in [0.3, 0.4) is 0 Å². The molecule has 0 saturated carbocycles. The van der Waals surface area contributed by atoms with E-state index >= 15 is 0 Å². The number of hydrogen-bond acceptors (Lipinski definition) is 3. The number of rotatable bonds is 4. The van der Waals surface area contributed by atoms with Gasteiger partial charge < -0.3 is 5.32 Å². The number of fused-ring (bicyclic) bond motifs is 1. The van der Waals surface area contributed by atoms with Crippen molar-refractivity contribution in [2.24, 2.45) is 0 Å². The number of halogens is 3. The van der Waals surface area contributed by atoms with Gasteiger partial charge in [-0.25, -0.2) is 4.68 Å². The lowest BCUT2D eigenvalue weighted by Crippen LogP contribution is -2.34. The minimum Gasteiger partial charge on any atom is -0.312 e. The smallest absolute Gasteiger partial charge is 0.312 e. The molecule has 0 saturated heterocycles. The van der Waals surface area contributed by atoms with Gasteiger partial charge in [0.25, 0.3) is 5.56 Å². The first-order valence-electron chi connectivity index (χ1n) is 7.90. The van der Waals surface area contributed by atoms with Gasteiger partial charge in [0.15, 0.2) is 0 Å². The van der Waals surface area contributed by atoms with Gasteiger partial charge in [-0.2, -0.15) is 18.3 Å². The molecule has 0 amide bonds. The first-order chi connectivity index (χ1) is 11.4. The van der Waals surface area contributed by atoms with Crippen molar-refractivity contribution in [1.29, 1.82) is 0 Å². The van der Waals surface area contributed by atoms with E-state index < -0.39 is 11.7 Å². The molecule has 7 heteroatoms. The standard InChI is InChI=1S/C17H18F3N3O/c18-17(19,20)14-5-3-12(4-6-14)2-1-9-23-16(24)15-7-8-21-10-13(15)11-22-23/h3-6,11,21H,1-2,7-10H2. The second kappa shape index (κ2) is 6.76. The number of hydrogen-bond donors (Lipinski definition) is 1. The van der Waals surface area contributed by atoms with Gasteiger partial charge in [-0.05, 0) is 49.1 Å². The van der Waals surface area contributed by atoms with Gasteiger partial charge in [0.05, 0.1) is 11.8 Å². The largest absolute Gasteiger partial charge is 0.416 e. The number of aromatic nitrogens is 2. The maximum Gasteiger partial charge on any atom is 0.416 e. The molecule has 1 aromatic carbocycles. The molecule has 1 aromatic heterocycles. The topological polar surface area (TPSA) is 46.9 Å². The van der Waals surface area contributed by atoms with Gasteiger partial charge in [-0.1, -0.05) is 12.1 Å². The molecule has 3 rings (SSSR count). The summed E-state index contributed by atoms with van der Waals surface area (Å²) in [5, 5.41) is 7.38. The summed E-state index contributed by atoms with van der Waals surface area (Å²) in [4.78, 5) is 12.4. The molecule has 2 aromatic rings. The van der Waals surface area contributed by atoms with E-state index in [2.05, 4.69) is 10.4 Å². The molecule has 0 unspecified atom stereocenters. The molecule has 0 bridgehead atoms. The van der Waals surface area contributed by atoms with Crippen LogP contribution < -0.4 is 10.9 Å². The fourth-order valence-electron chi connectivity index (χ4n) is 2.87. The normalized spacial score (nSPS) is 14.5. The number of nitrogens with one attached hydrogen (secondary N) is 1. The zero-order valence-electron chi connectivity index (χ0n) is 13.1. The third kappa shape index (κ3) is 3.67. The van der Waals surface area contributed by atoms with Gasteiger partial charge in [-0.3, -0.25) is 4.79 Å². The molecule has 1 aliphatic heterocycles. The molecule has 0 fully saturated rings. The second-order valence-electron chi connectivity index (χ2n) is 5.90. The van der Waals surface area contributed by atoms with Crippen LogP contribution in [-0.2, 0) is 32.1 Å².